The molecule has 0 atom stereocenters. The lowest BCUT2D eigenvalue weighted by molar-refractivity contribution is -0.122. The fraction of sp³-hybridized carbons (Fsp3) is 0. The molecule has 1 aliphatic rings. The van der Waals surface area contributed by atoms with E-state index in [0.29, 0.717) is 4.90 Å². The largest absolute Gasteiger partial charge is 0.378 e. The van der Waals surface area contributed by atoms with Gasteiger partial charge in [0.05, 0.1) is 15.7 Å². The van der Waals surface area contributed by atoms with E-state index in [4.69, 9.17) is 39.0 Å². The van der Waals surface area contributed by atoms with Gasteiger partial charge in [0.2, 0.25) is 0 Å². The minimum atomic E-state index is -4.24. The highest BCUT2D eigenvalue weighted by atomic mass is 35.5. The molecule has 1 saturated heterocycles. The average Bonchev–Trinajstić information content (AvgIpc) is 2.81. The molecule has 3 aromatic carbocycles. The second-order valence-electron chi connectivity index (χ2n) is 7.09. The number of carbonyl (C=O) groups is 3. The predicted octanol–water partition coefficient (Wildman–Crippen LogP) is 5.08. The number of nitrogens with zero attached hydrogens (tertiary/aromatic N) is 1. The van der Waals surface area contributed by atoms with E-state index in [-0.39, 0.29) is 37.0 Å². The molecule has 35 heavy (non-hydrogen) atoms. The third-order valence-corrected chi connectivity index (χ3v) is 6.99. The van der Waals surface area contributed by atoms with Gasteiger partial charge < -0.3 is 4.18 Å². The molecule has 0 radical (unpaired) electrons. The van der Waals surface area contributed by atoms with Gasteiger partial charge in [0.25, 0.3) is 11.8 Å². The maximum Gasteiger partial charge on any atom is 0.339 e. The van der Waals surface area contributed by atoms with Crippen molar-refractivity contribution in [2.24, 2.45) is 0 Å². The summed E-state index contributed by atoms with van der Waals surface area (Å²) in [4.78, 5) is 38.7. The predicted molar refractivity (Wildman–Crippen MR) is 131 cm³/mol. The maximum absolute atomic E-state index is 13.2. The maximum atomic E-state index is 13.2. The van der Waals surface area contributed by atoms with E-state index in [1.54, 1.807) is 6.07 Å². The van der Waals surface area contributed by atoms with Gasteiger partial charge in [-0.2, -0.15) is 8.42 Å². The van der Waals surface area contributed by atoms with Crippen LogP contribution in [0.1, 0.15) is 5.56 Å². The minimum Gasteiger partial charge on any atom is -0.378 e. The van der Waals surface area contributed by atoms with Gasteiger partial charge in [-0.1, -0.05) is 53.0 Å². The molecule has 8 nitrogen and oxygen atoms in total. The van der Waals surface area contributed by atoms with E-state index < -0.39 is 33.5 Å². The van der Waals surface area contributed by atoms with E-state index in [1.165, 1.54) is 60.7 Å². The molecule has 0 bridgehead atoms. The number of nitrogens with one attached hydrogen (secondary N) is 1. The quantitative estimate of drug-likeness (QED) is 0.269. The topological polar surface area (TPSA) is 110 Å². The van der Waals surface area contributed by atoms with Crippen molar-refractivity contribution in [1.29, 1.82) is 0 Å². The Bertz CT molecular complexity index is 1510. The Morgan fingerprint density at radius 3 is 2.26 bits per heavy atom. The van der Waals surface area contributed by atoms with Crippen molar-refractivity contribution < 1.29 is 27.0 Å². The van der Waals surface area contributed by atoms with Crippen molar-refractivity contribution in [3.63, 3.8) is 0 Å². The zero-order valence-electron chi connectivity index (χ0n) is 17.4. The van der Waals surface area contributed by atoms with Crippen LogP contribution < -0.4 is 14.4 Å². The summed E-state index contributed by atoms with van der Waals surface area (Å²) in [7, 11) is -4.24. The van der Waals surface area contributed by atoms with Crippen LogP contribution in [0.15, 0.2) is 77.2 Å². The van der Waals surface area contributed by atoms with E-state index in [2.05, 4.69) is 5.32 Å². The molecule has 0 aliphatic carbocycles. The fourth-order valence-electron chi connectivity index (χ4n) is 3.13. The lowest BCUT2D eigenvalue weighted by atomic mass is 10.1. The number of urea groups is 1. The molecule has 1 fully saturated rings. The molecule has 0 saturated carbocycles. The summed E-state index contributed by atoms with van der Waals surface area (Å²) in [5.41, 5.74) is -0.395. The summed E-state index contributed by atoms with van der Waals surface area (Å²) in [6.07, 6.45) is 1.08. The first kappa shape index (κ1) is 24.7. The molecule has 3 aromatic rings. The summed E-state index contributed by atoms with van der Waals surface area (Å²) in [6, 6.07) is 14.4. The summed E-state index contributed by atoms with van der Waals surface area (Å²) in [6.45, 7) is 0. The number of hydrogen-bond acceptors (Lipinski definition) is 6. The van der Waals surface area contributed by atoms with Gasteiger partial charge in [0.1, 0.15) is 16.2 Å². The van der Waals surface area contributed by atoms with Crippen LogP contribution in [-0.4, -0.2) is 26.3 Å². The minimum absolute atomic E-state index is 0.0129. The van der Waals surface area contributed by atoms with Crippen LogP contribution in [0.2, 0.25) is 15.1 Å². The number of halogens is 3. The van der Waals surface area contributed by atoms with E-state index in [9.17, 15) is 22.8 Å². The van der Waals surface area contributed by atoms with Crippen molar-refractivity contribution in [3.05, 3.63) is 92.9 Å². The third kappa shape index (κ3) is 5.18. The van der Waals surface area contributed by atoms with Crippen LogP contribution in [0.5, 0.6) is 5.75 Å². The first-order valence-electron chi connectivity index (χ1n) is 9.72. The lowest BCUT2D eigenvalue weighted by Crippen LogP contribution is -2.54. The van der Waals surface area contributed by atoms with Crippen molar-refractivity contribution in [2.75, 3.05) is 4.90 Å². The van der Waals surface area contributed by atoms with Crippen LogP contribution in [0.25, 0.3) is 6.08 Å². The second-order valence-corrected chi connectivity index (χ2v) is 9.89. The highest BCUT2D eigenvalue weighted by molar-refractivity contribution is 7.87. The van der Waals surface area contributed by atoms with E-state index >= 15 is 0 Å². The number of rotatable bonds is 5. The van der Waals surface area contributed by atoms with Crippen molar-refractivity contribution in [3.8, 4) is 5.75 Å². The van der Waals surface area contributed by atoms with Crippen LogP contribution in [0.3, 0.4) is 0 Å². The zero-order chi connectivity index (χ0) is 25.3. The number of barbiturate groups is 1. The monoisotopic (exact) mass is 550 g/mol. The Balaban J connectivity index is 1.76. The fourth-order valence-corrected chi connectivity index (χ4v) is 4.58. The smallest absolute Gasteiger partial charge is 0.339 e. The Labute approximate surface area is 214 Å². The van der Waals surface area contributed by atoms with Gasteiger partial charge in [0, 0.05) is 10.6 Å². The standard InChI is InChI=1S/C23H13Cl3N2O6S/c24-14-6-9-20(34-35(32,33)16-4-2-1-3-5-16)13(10-14)11-17-21(29)27-23(31)28(22(17)30)15-7-8-18(25)19(26)12-15/h1-12H,(H,27,29,31)/b17-11+. The molecular weight excluding hydrogens is 539 g/mol. The number of benzene rings is 3. The van der Waals surface area contributed by atoms with Crippen LogP contribution in [0, 0.1) is 0 Å². The number of imide groups is 2. The number of amides is 4. The third-order valence-electron chi connectivity index (χ3n) is 4.77. The highest BCUT2D eigenvalue weighted by Crippen LogP contribution is 2.32. The Morgan fingerprint density at radius 1 is 0.857 bits per heavy atom. The Hall–Kier alpha value is -3.37. The molecule has 1 aliphatic heterocycles. The zero-order valence-corrected chi connectivity index (χ0v) is 20.5. The van der Waals surface area contributed by atoms with E-state index in [0.717, 1.165) is 6.08 Å². The molecule has 1 N–H and O–H groups in total. The average molecular weight is 552 g/mol. The van der Waals surface area contributed by atoms with Gasteiger partial charge in [0.15, 0.2) is 0 Å². The van der Waals surface area contributed by atoms with E-state index in [1.807, 2.05) is 0 Å². The first-order valence-corrected chi connectivity index (χ1v) is 12.3. The van der Waals surface area contributed by atoms with Gasteiger partial charge in [-0.15, -0.1) is 0 Å². The Morgan fingerprint density at radius 2 is 1.57 bits per heavy atom. The Kier molecular flexibility index (Phi) is 6.86. The molecule has 4 amide bonds. The van der Waals surface area contributed by atoms with Crippen molar-refractivity contribution in [1.82, 2.24) is 5.32 Å². The molecular formula is C23H13Cl3N2O6S. The molecule has 12 heteroatoms. The molecule has 178 valence electrons. The second kappa shape index (κ2) is 9.71. The number of hydrogen-bond donors (Lipinski definition) is 1. The number of carbonyl (C=O) groups excluding carboxylic acids is 3. The molecule has 0 aromatic heterocycles. The molecule has 0 unspecified atom stereocenters. The van der Waals surface area contributed by atoms with Gasteiger partial charge in [-0.3, -0.25) is 14.9 Å². The summed E-state index contributed by atoms with van der Waals surface area (Å²) < 4.78 is 30.7. The van der Waals surface area contributed by atoms with Crippen LogP contribution >= 0.6 is 34.8 Å². The van der Waals surface area contributed by atoms with Gasteiger partial charge in [-0.05, 0) is 54.6 Å². The highest BCUT2D eigenvalue weighted by Gasteiger charge is 2.37. The lowest BCUT2D eigenvalue weighted by Gasteiger charge is -2.26. The normalized spacial score (nSPS) is 15.3. The number of anilines is 1. The first-order chi connectivity index (χ1) is 16.6. The molecule has 4 rings (SSSR count). The SMILES string of the molecule is O=C1NC(=O)N(c2ccc(Cl)c(Cl)c2)C(=O)/C1=C/c1cc(Cl)ccc1OS(=O)(=O)c1ccccc1. The molecule has 0 spiro atoms. The van der Waals surface area contributed by atoms with Crippen molar-refractivity contribution in [2.45, 2.75) is 4.90 Å². The van der Waals surface area contributed by atoms with Crippen LogP contribution in [-0.2, 0) is 19.7 Å². The van der Waals surface area contributed by atoms with Crippen molar-refractivity contribution >= 4 is 74.5 Å². The van der Waals surface area contributed by atoms with Gasteiger partial charge in [-0.25, -0.2) is 9.69 Å². The summed E-state index contributed by atoms with van der Waals surface area (Å²) in [5.74, 6) is -2.16. The summed E-state index contributed by atoms with van der Waals surface area (Å²) >= 11 is 18.0. The molecule has 1 heterocycles. The van der Waals surface area contributed by atoms with Crippen LogP contribution in [0.4, 0.5) is 10.5 Å². The summed E-state index contributed by atoms with van der Waals surface area (Å²) in [5, 5.41) is 2.53. The van der Waals surface area contributed by atoms with Gasteiger partial charge >= 0.3 is 16.1 Å².